The first-order valence-electron chi connectivity index (χ1n) is 4.54. The van der Waals surface area contributed by atoms with Gasteiger partial charge in [0, 0.05) is 32.3 Å². The molecular formula is C9H19BrO2. The molecule has 74 valence electrons. The van der Waals surface area contributed by atoms with Crippen LogP contribution in [-0.2, 0) is 9.47 Å². The summed E-state index contributed by atoms with van der Waals surface area (Å²) in [5.41, 5.74) is 0. The second-order valence-electron chi connectivity index (χ2n) is 2.71. The van der Waals surface area contributed by atoms with Gasteiger partial charge in [-0.25, -0.2) is 0 Å². The number of alkyl halides is 1. The Balaban J connectivity index is 2.73. The Bertz CT molecular complexity index is 68.9. The Morgan fingerprint density at radius 1 is 0.917 bits per heavy atom. The molecule has 0 aliphatic rings. The maximum absolute atomic E-state index is 5.39. The Morgan fingerprint density at radius 3 is 2.33 bits per heavy atom. The van der Waals surface area contributed by atoms with Crippen LogP contribution in [0.2, 0.25) is 0 Å². The molecule has 0 atom stereocenters. The molecule has 0 bridgehead atoms. The van der Waals surface area contributed by atoms with Gasteiger partial charge in [0.2, 0.25) is 0 Å². The number of rotatable bonds is 9. The highest BCUT2D eigenvalue weighted by Crippen LogP contribution is 1.98. The largest absolute Gasteiger partial charge is 0.385 e. The van der Waals surface area contributed by atoms with Crippen molar-refractivity contribution in [1.82, 2.24) is 0 Å². The van der Waals surface area contributed by atoms with E-state index in [4.69, 9.17) is 9.47 Å². The molecular weight excluding hydrogens is 220 g/mol. The molecule has 0 aliphatic carbocycles. The van der Waals surface area contributed by atoms with E-state index >= 15 is 0 Å². The lowest BCUT2D eigenvalue weighted by Crippen LogP contribution is -2.00. The summed E-state index contributed by atoms with van der Waals surface area (Å²) in [6.07, 6.45) is 4.70. The highest BCUT2D eigenvalue weighted by atomic mass is 79.9. The fraction of sp³-hybridized carbons (Fsp3) is 1.00. The average Bonchev–Trinajstić information content (AvgIpc) is 2.10. The molecule has 0 aromatic rings. The molecule has 0 radical (unpaired) electrons. The normalized spacial score (nSPS) is 10.5. The lowest BCUT2D eigenvalue weighted by molar-refractivity contribution is 0.100. The number of methoxy groups -OCH3 is 1. The molecule has 0 aliphatic heterocycles. The maximum atomic E-state index is 5.39. The van der Waals surface area contributed by atoms with Crippen molar-refractivity contribution in [2.24, 2.45) is 0 Å². The van der Waals surface area contributed by atoms with Crippen molar-refractivity contribution in [2.45, 2.75) is 25.7 Å². The summed E-state index contributed by atoms with van der Waals surface area (Å²) in [6, 6.07) is 0. The van der Waals surface area contributed by atoms with Crippen molar-refractivity contribution in [2.75, 3.05) is 32.3 Å². The van der Waals surface area contributed by atoms with E-state index in [9.17, 15) is 0 Å². The second kappa shape index (κ2) is 11.4. The van der Waals surface area contributed by atoms with Gasteiger partial charge in [0.25, 0.3) is 0 Å². The summed E-state index contributed by atoms with van der Waals surface area (Å²) in [6.45, 7) is 2.54. The van der Waals surface area contributed by atoms with E-state index in [1.807, 2.05) is 0 Å². The summed E-state index contributed by atoms with van der Waals surface area (Å²) in [7, 11) is 1.72. The summed E-state index contributed by atoms with van der Waals surface area (Å²) >= 11 is 3.40. The smallest absolute Gasteiger partial charge is 0.0487 e. The van der Waals surface area contributed by atoms with Crippen LogP contribution in [0.25, 0.3) is 0 Å². The van der Waals surface area contributed by atoms with Gasteiger partial charge in [-0.05, 0) is 19.3 Å². The van der Waals surface area contributed by atoms with E-state index in [0.29, 0.717) is 0 Å². The van der Waals surface area contributed by atoms with Crippen LogP contribution < -0.4 is 0 Å². The number of hydrogen-bond acceptors (Lipinski definition) is 2. The Kier molecular flexibility index (Phi) is 11.8. The molecule has 0 unspecified atom stereocenters. The highest BCUT2D eigenvalue weighted by Gasteiger charge is 1.89. The van der Waals surface area contributed by atoms with E-state index in [1.165, 1.54) is 19.3 Å². The minimum absolute atomic E-state index is 0.807. The lowest BCUT2D eigenvalue weighted by Gasteiger charge is -2.02. The highest BCUT2D eigenvalue weighted by molar-refractivity contribution is 9.09. The van der Waals surface area contributed by atoms with Gasteiger partial charge in [0.15, 0.2) is 0 Å². The van der Waals surface area contributed by atoms with Gasteiger partial charge in [-0.3, -0.25) is 0 Å². The van der Waals surface area contributed by atoms with Crippen molar-refractivity contribution >= 4 is 15.9 Å². The molecule has 0 spiro atoms. The van der Waals surface area contributed by atoms with Gasteiger partial charge >= 0.3 is 0 Å². The van der Waals surface area contributed by atoms with E-state index in [2.05, 4.69) is 15.9 Å². The molecule has 2 nitrogen and oxygen atoms in total. The summed E-state index contributed by atoms with van der Waals surface area (Å²) in [5.74, 6) is 0. The molecule has 0 saturated heterocycles. The summed E-state index contributed by atoms with van der Waals surface area (Å²) < 4.78 is 10.3. The fourth-order valence-electron chi connectivity index (χ4n) is 0.883. The number of hydrogen-bond donors (Lipinski definition) is 0. The standard InChI is InChI=1S/C9H19BrO2/c1-11-7-5-9-12-8-4-2-3-6-10/h2-9H2,1H3. The monoisotopic (exact) mass is 238 g/mol. The van der Waals surface area contributed by atoms with E-state index < -0.39 is 0 Å². The quantitative estimate of drug-likeness (QED) is 0.455. The predicted molar refractivity (Wildman–Crippen MR) is 55.0 cm³/mol. The van der Waals surface area contributed by atoms with Gasteiger partial charge in [-0.1, -0.05) is 22.4 Å². The van der Waals surface area contributed by atoms with Gasteiger partial charge < -0.3 is 9.47 Å². The molecule has 0 heterocycles. The Labute approximate surface area is 83.8 Å². The minimum atomic E-state index is 0.807. The zero-order valence-corrected chi connectivity index (χ0v) is 9.44. The first-order chi connectivity index (χ1) is 5.91. The van der Waals surface area contributed by atoms with Crippen molar-refractivity contribution in [3.8, 4) is 0 Å². The molecule has 0 N–H and O–H groups in total. The van der Waals surface area contributed by atoms with Crippen molar-refractivity contribution < 1.29 is 9.47 Å². The van der Waals surface area contributed by atoms with Crippen molar-refractivity contribution in [3.05, 3.63) is 0 Å². The van der Waals surface area contributed by atoms with E-state index in [1.54, 1.807) is 7.11 Å². The predicted octanol–water partition coefficient (Wildman–Crippen LogP) is 2.60. The topological polar surface area (TPSA) is 18.5 Å². The Morgan fingerprint density at radius 2 is 1.67 bits per heavy atom. The Hall–Kier alpha value is 0.400. The van der Waals surface area contributed by atoms with Crippen LogP contribution in [0.5, 0.6) is 0 Å². The first-order valence-corrected chi connectivity index (χ1v) is 5.66. The van der Waals surface area contributed by atoms with Crippen LogP contribution in [0.3, 0.4) is 0 Å². The van der Waals surface area contributed by atoms with Gasteiger partial charge in [0.1, 0.15) is 0 Å². The van der Waals surface area contributed by atoms with E-state index in [-0.39, 0.29) is 0 Å². The van der Waals surface area contributed by atoms with E-state index in [0.717, 1.165) is 31.6 Å². The third kappa shape index (κ3) is 10.4. The van der Waals surface area contributed by atoms with Gasteiger partial charge in [-0.2, -0.15) is 0 Å². The number of halogens is 1. The fourth-order valence-corrected chi connectivity index (χ4v) is 1.28. The summed E-state index contributed by atoms with van der Waals surface area (Å²) in [4.78, 5) is 0. The van der Waals surface area contributed by atoms with Gasteiger partial charge in [-0.15, -0.1) is 0 Å². The molecule has 0 rings (SSSR count). The minimum Gasteiger partial charge on any atom is -0.385 e. The van der Waals surface area contributed by atoms with Crippen LogP contribution in [-0.4, -0.2) is 32.3 Å². The number of ether oxygens (including phenoxy) is 2. The molecule has 0 amide bonds. The molecule has 0 aromatic heterocycles. The molecule has 3 heteroatoms. The SMILES string of the molecule is COCCCOCCCCCBr. The molecule has 0 aromatic carbocycles. The number of unbranched alkanes of at least 4 members (excludes halogenated alkanes) is 2. The summed E-state index contributed by atoms with van der Waals surface area (Å²) in [5, 5.41) is 1.11. The van der Waals surface area contributed by atoms with Gasteiger partial charge in [0.05, 0.1) is 0 Å². The zero-order valence-electron chi connectivity index (χ0n) is 7.85. The average molecular weight is 239 g/mol. The van der Waals surface area contributed by atoms with Crippen LogP contribution in [0.15, 0.2) is 0 Å². The zero-order chi connectivity index (χ0) is 9.07. The molecule has 0 saturated carbocycles. The maximum Gasteiger partial charge on any atom is 0.0487 e. The first kappa shape index (κ1) is 12.4. The van der Waals surface area contributed by atoms with Crippen molar-refractivity contribution in [3.63, 3.8) is 0 Å². The third-order valence-electron chi connectivity index (χ3n) is 1.56. The van der Waals surface area contributed by atoms with Crippen LogP contribution >= 0.6 is 15.9 Å². The van der Waals surface area contributed by atoms with Crippen LogP contribution in [0.1, 0.15) is 25.7 Å². The third-order valence-corrected chi connectivity index (χ3v) is 2.12. The lowest BCUT2D eigenvalue weighted by atomic mass is 10.3. The molecule has 0 fully saturated rings. The molecule has 12 heavy (non-hydrogen) atoms. The van der Waals surface area contributed by atoms with Crippen molar-refractivity contribution in [1.29, 1.82) is 0 Å². The second-order valence-corrected chi connectivity index (χ2v) is 3.50. The van der Waals surface area contributed by atoms with Crippen LogP contribution in [0, 0.1) is 0 Å². The van der Waals surface area contributed by atoms with Crippen LogP contribution in [0.4, 0.5) is 0 Å².